The van der Waals surface area contributed by atoms with Crippen LogP contribution in [0.15, 0.2) is 27.4 Å². The zero-order valence-corrected chi connectivity index (χ0v) is 9.53. The Morgan fingerprint density at radius 2 is 2.24 bits per heavy atom. The molecule has 0 aliphatic rings. The van der Waals surface area contributed by atoms with Gasteiger partial charge in [0.15, 0.2) is 5.58 Å². The van der Waals surface area contributed by atoms with E-state index in [1.165, 1.54) is 0 Å². The van der Waals surface area contributed by atoms with Gasteiger partial charge in [0.25, 0.3) is 0 Å². The summed E-state index contributed by atoms with van der Waals surface area (Å²) in [4.78, 5) is 25.1. The number of rotatable bonds is 3. The molecule has 0 aliphatic carbocycles. The second-order valence-corrected chi connectivity index (χ2v) is 3.73. The van der Waals surface area contributed by atoms with Crippen molar-refractivity contribution >= 4 is 22.7 Å². The summed E-state index contributed by atoms with van der Waals surface area (Å²) in [7, 11) is 1.71. The van der Waals surface area contributed by atoms with Crippen molar-refractivity contribution in [2.45, 2.75) is 13.0 Å². The maximum absolute atomic E-state index is 11.6. The normalized spacial score (nSPS) is 12.6. The third-order valence-electron chi connectivity index (χ3n) is 2.51. The number of anilines is 1. The van der Waals surface area contributed by atoms with Gasteiger partial charge in [0.05, 0.1) is 11.6 Å². The number of carbonyl (C=O) groups excluding carboxylic acids is 1. The summed E-state index contributed by atoms with van der Waals surface area (Å²) >= 11 is 0. The number of hydrogen-bond donors (Lipinski definition) is 3. The lowest BCUT2D eigenvalue weighted by Crippen LogP contribution is -2.35. The lowest BCUT2D eigenvalue weighted by atomic mass is 10.2. The number of benzene rings is 1. The molecule has 90 valence electrons. The zero-order valence-electron chi connectivity index (χ0n) is 9.53. The van der Waals surface area contributed by atoms with E-state index < -0.39 is 5.76 Å². The Balaban J connectivity index is 2.24. The van der Waals surface area contributed by atoms with Gasteiger partial charge in [0.1, 0.15) is 0 Å². The molecule has 0 aliphatic heterocycles. The van der Waals surface area contributed by atoms with E-state index in [9.17, 15) is 9.59 Å². The Labute approximate surface area is 97.0 Å². The molecule has 0 saturated carbocycles. The van der Waals surface area contributed by atoms with Crippen LogP contribution in [0.5, 0.6) is 0 Å². The monoisotopic (exact) mass is 235 g/mol. The number of aromatic amines is 1. The summed E-state index contributed by atoms with van der Waals surface area (Å²) in [5.74, 6) is -0.648. The number of fused-ring (bicyclic) bond motifs is 1. The number of likely N-dealkylation sites (N-methyl/N-ethyl adjacent to an activating group) is 1. The SMILES string of the molecule is CNC(C)C(=O)Nc1ccc2oc(=O)[nH]c2c1. The number of hydrogen-bond acceptors (Lipinski definition) is 4. The molecule has 0 saturated heterocycles. The molecular weight excluding hydrogens is 222 g/mol. The highest BCUT2D eigenvalue weighted by atomic mass is 16.4. The number of nitrogens with one attached hydrogen (secondary N) is 3. The first-order chi connectivity index (χ1) is 8.10. The van der Waals surface area contributed by atoms with Gasteiger partial charge in [0, 0.05) is 5.69 Å². The summed E-state index contributed by atoms with van der Waals surface area (Å²) in [5.41, 5.74) is 1.64. The maximum atomic E-state index is 11.6. The van der Waals surface area contributed by atoms with E-state index >= 15 is 0 Å². The first-order valence-corrected chi connectivity index (χ1v) is 5.21. The number of oxazole rings is 1. The van der Waals surface area contributed by atoms with Gasteiger partial charge >= 0.3 is 5.76 Å². The first kappa shape index (κ1) is 11.4. The van der Waals surface area contributed by atoms with Crippen LogP contribution >= 0.6 is 0 Å². The Hall–Kier alpha value is -2.08. The fourth-order valence-corrected chi connectivity index (χ4v) is 1.41. The van der Waals surface area contributed by atoms with Crippen molar-refractivity contribution in [1.29, 1.82) is 0 Å². The van der Waals surface area contributed by atoms with E-state index in [-0.39, 0.29) is 11.9 Å². The summed E-state index contributed by atoms with van der Waals surface area (Å²) in [5, 5.41) is 5.57. The average Bonchev–Trinajstić information content (AvgIpc) is 2.67. The predicted molar refractivity (Wildman–Crippen MR) is 64.0 cm³/mol. The number of carbonyl (C=O) groups is 1. The van der Waals surface area contributed by atoms with Crippen molar-refractivity contribution in [3.05, 3.63) is 28.7 Å². The molecule has 0 radical (unpaired) electrons. The van der Waals surface area contributed by atoms with E-state index in [4.69, 9.17) is 4.42 Å². The van der Waals surface area contributed by atoms with Gasteiger partial charge in [-0.3, -0.25) is 9.78 Å². The van der Waals surface area contributed by atoms with Gasteiger partial charge in [-0.25, -0.2) is 4.79 Å². The lowest BCUT2D eigenvalue weighted by Gasteiger charge is -2.10. The maximum Gasteiger partial charge on any atom is 0.417 e. The molecule has 6 heteroatoms. The second kappa shape index (κ2) is 4.42. The van der Waals surface area contributed by atoms with Crippen molar-refractivity contribution in [2.24, 2.45) is 0 Å². The van der Waals surface area contributed by atoms with Crippen LogP contribution in [0.3, 0.4) is 0 Å². The highest BCUT2D eigenvalue weighted by Crippen LogP contribution is 2.16. The van der Waals surface area contributed by atoms with Gasteiger partial charge in [-0.15, -0.1) is 0 Å². The van der Waals surface area contributed by atoms with Crippen LogP contribution in [0.4, 0.5) is 5.69 Å². The van der Waals surface area contributed by atoms with Gasteiger partial charge < -0.3 is 15.1 Å². The summed E-state index contributed by atoms with van der Waals surface area (Å²) < 4.78 is 4.86. The topological polar surface area (TPSA) is 87.1 Å². The third kappa shape index (κ3) is 2.36. The third-order valence-corrected chi connectivity index (χ3v) is 2.51. The fourth-order valence-electron chi connectivity index (χ4n) is 1.41. The molecule has 2 aromatic rings. The zero-order chi connectivity index (χ0) is 12.4. The second-order valence-electron chi connectivity index (χ2n) is 3.73. The molecule has 1 heterocycles. The van der Waals surface area contributed by atoms with Crippen LogP contribution in [0.2, 0.25) is 0 Å². The Morgan fingerprint density at radius 1 is 1.47 bits per heavy atom. The summed E-state index contributed by atoms with van der Waals surface area (Å²) in [6.45, 7) is 1.76. The molecule has 17 heavy (non-hydrogen) atoms. The van der Waals surface area contributed by atoms with Crippen molar-refractivity contribution in [3.63, 3.8) is 0 Å². The van der Waals surface area contributed by atoms with Crippen molar-refractivity contribution < 1.29 is 9.21 Å². The Bertz CT molecular complexity index is 599. The minimum atomic E-state index is -0.507. The van der Waals surface area contributed by atoms with Crippen LogP contribution in [0.25, 0.3) is 11.1 Å². The first-order valence-electron chi connectivity index (χ1n) is 5.21. The quantitative estimate of drug-likeness (QED) is 0.729. The van der Waals surface area contributed by atoms with Crippen LogP contribution in [0, 0.1) is 0 Å². The highest BCUT2D eigenvalue weighted by molar-refractivity contribution is 5.95. The van der Waals surface area contributed by atoms with Gasteiger partial charge in [-0.05, 0) is 32.2 Å². The van der Waals surface area contributed by atoms with E-state index in [0.29, 0.717) is 16.8 Å². The van der Waals surface area contributed by atoms with Crippen LogP contribution < -0.4 is 16.4 Å². The van der Waals surface area contributed by atoms with Gasteiger partial charge in [-0.2, -0.15) is 0 Å². The molecule has 1 amide bonds. The highest BCUT2D eigenvalue weighted by Gasteiger charge is 2.10. The minimum Gasteiger partial charge on any atom is -0.408 e. The molecule has 0 bridgehead atoms. The fraction of sp³-hybridized carbons (Fsp3) is 0.273. The lowest BCUT2D eigenvalue weighted by molar-refractivity contribution is -0.117. The molecule has 1 unspecified atom stereocenters. The van der Waals surface area contributed by atoms with E-state index in [1.807, 2.05) is 0 Å². The van der Waals surface area contributed by atoms with Crippen molar-refractivity contribution in [3.8, 4) is 0 Å². The molecule has 1 atom stereocenters. The molecule has 1 aromatic carbocycles. The van der Waals surface area contributed by atoms with E-state index in [1.54, 1.807) is 32.2 Å². The van der Waals surface area contributed by atoms with E-state index in [0.717, 1.165) is 0 Å². The standard InChI is InChI=1S/C11H13N3O3/c1-6(12-2)10(15)13-7-3-4-9-8(5-7)14-11(16)17-9/h3-6,12H,1-2H3,(H,13,15)(H,14,16). The van der Waals surface area contributed by atoms with Crippen molar-refractivity contribution in [2.75, 3.05) is 12.4 Å². The number of H-pyrrole nitrogens is 1. The van der Waals surface area contributed by atoms with Gasteiger partial charge in [-0.1, -0.05) is 0 Å². The Kier molecular flexibility index (Phi) is 2.97. The molecule has 0 fully saturated rings. The summed E-state index contributed by atoms with van der Waals surface area (Å²) in [6, 6.07) is 4.68. The number of amides is 1. The van der Waals surface area contributed by atoms with Crippen LogP contribution in [-0.2, 0) is 4.79 Å². The average molecular weight is 235 g/mol. The predicted octanol–water partition coefficient (Wildman–Crippen LogP) is 0.667. The smallest absolute Gasteiger partial charge is 0.408 e. The molecule has 0 spiro atoms. The van der Waals surface area contributed by atoms with Crippen LogP contribution in [-0.4, -0.2) is 24.0 Å². The number of aromatic nitrogens is 1. The summed E-state index contributed by atoms with van der Waals surface area (Å²) in [6.07, 6.45) is 0. The van der Waals surface area contributed by atoms with Gasteiger partial charge in [0.2, 0.25) is 5.91 Å². The Morgan fingerprint density at radius 3 is 2.94 bits per heavy atom. The molecule has 2 rings (SSSR count). The van der Waals surface area contributed by atoms with Crippen molar-refractivity contribution in [1.82, 2.24) is 10.3 Å². The minimum absolute atomic E-state index is 0.141. The molecular formula is C11H13N3O3. The molecule has 3 N–H and O–H groups in total. The van der Waals surface area contributed by atoms with Crippen LogP contribution in [0.1, 0.15) is 6.92 Å². The molecule has 6 nitrogen and oxygen atoms in total. The van der Waals surface area contributed by atoms with E-state index in [2.05, 4.69) is 15.6 Å². The molecule has 1 aromatic heterocycles. The largest absolute Gasteiger partial charge is 0.417 e.